The fourth-order valence-corrected chi connectivity index (χ4v) is 43.3. The monoisotopic (exact) mass is 1200 g/mol. The van der Waals surface area contributed by atoms with Crippen LogP contribution in [0.25, 0.3) is 0 Å². The van der Waals surface area contributed by atoms with Gasteiger partial charge in [-0.15, -0.1) is 0 Å². The Morgan fingerprint density at radius 2 is 0.568 bits per heavy atom. The maximum Gasteiger partial charge on any atom is 0.0867 e. The molecule has 5 rings (SSSR count). The van der Waals surface area contributed by atoms with E-state index >= 15 is 0 Å². The van der Waals surface area contributed by atoms with Gasteiger partial charge in [0.1, 0.15) is 0 Å². The number of benzene rings is 5. The lowest BCUT2D eigenvalue weighted by Gasteiger charge is -2.41. The molecule has 0 radical (unpaired) electrons. The van der Waals surface area contributed by atoms with E-state index < -0.39 is 48.4 Å². The Morgan fingerprint density at radius 3 is 0.864 bits per heavy atom. The Kier molecular flexibility index (Phi) is 32.1. The highest BCUT2D eigenvalue weighted by atomic mass is 31.2. The third kappa shape index (κ3) is 19.1. The van der Waals surface area contributed by atoms with Crippen LogP contribution in [-0.2, 0) is 6.42 Å². The van der Waals surface area contributed by atoms with Crippen molar-refractivity contribution in [1.29, 1.82) is 0 Å². The van der Waals surface area contributed by atoms with E-state index in [2.05, 4.69) is 215 Å². The largest absolute Gasteiger partial charge is 0.244 e. The van der Waals surface area contributed by atoms with Crippen LogP contribution in [0.2, 0.25) is 72.5 Å². The Labute approximate surface area is 508 Å². The van der Waals surface area contributed by atoms with Crippen LogP contribution in [0.4, 0.5) is 0 Å². The van der Waals surface area contributed by atoms with Crippen molar-refractivity contribution in [2.24, 2.45) is 0 Å². The SMILES string of the molecule is CCCC[Si](CCCC)(CCCC)c1ccc(P(c2ccc([Si](CCCC)(CCCC)CCCC)cc2)N(CCc2ccccc2)P(c2cccc([Si](CCC)(CCC)CCC)c2)c2cccc([Si](CCC)(CCC)CCC)c2)cc1. The van der Waals surface area contributed by atoms with Crippen molar-refractivity contribution >= 4 is 90.4 Å². The van der Waals surface area contributed by atoms with E-state index in [1.165, 1.54) is 194 Å². The molecule has 1 nitrogen and oxygen atoms in total. The van der Waals surface area contributed by atoms with Gasteiger partial charge in [-0.2, -0.15) is 0 Å². The summed E-state index contributed by atoms with van der Waals surface area (Å²) in [5.74, 6) is 0. The van der Waals surface area contributed by atoms with Gasteiger partial charge in [0.25, 0.3) is 0 Å². The smallest absolute Gasteiger partial charge is 0.0867 e. The van der Waals surface area contributed by atoms with Crippen LogP contribution in [0.15, 0.2) is 127 Å². The molecule has 5 aromatic rings. The molecule has 0 heterocycles. The summed E-state index contributed by atoms with van der Waals surface area (Å²) in [6.07, 6.45) is 24.7. The quantitative estimate of drug-likeness (QED) is 0.0278. The molecule has 0 aliphatic rings. The molecular weight excluding hydrogens is 1080 g/mol. The van der Waals surface area contributed by atoms with Crippen LogP contribution in [-0.4, -0.2) is 43.3 Å². The van der Waals surface area contributed by atoms with E-state index in [0.29, 0.717) is 0 Å². The number of rotatable bonds is 43. The van der Waals surface area contributed by atoms with Crippen molar-refractivity contribution in [3.63, 3.8) is 0 Å². The third-order valence-electron chi connectivity index (χ3n) is 19.2. The summed E-state index contributed by atoms with van der Waals surface area (Å²) in [6, 6.07) is 71.8. The zero-order chi connectivity index (χ0) is 58.4. The Hall–Kier alpha value is -2.21. The van der Waals surface area contributed by atoms with Crippen molar-refractivity contribution in [1.82, 2.24) is 4.44 Å². The Morgan fingerprint density at radius 1 is 0.272 bits per heavy atom. The first kappa shape index (κ1) is 69.6. The molecule has 0 atom stereocenters. The van der Waals surface area contributed by atoms with E-state index in [0.717, 1.165) is 13.0 Å². The second-order valence-corrected chi connectivity index (χ2v) is 48.5. The Bertz CT molecular complexity index is 2220. The zero-order valence-electron chi connectivity index (χ0n) is 54.6. The molecule has 0 N–H and O–H groups in total. The number of hydrogen-bond acceptors (Lipinski definition) is 1. The lowest BCUT2D eigenvalue weighted by Crippen LogP contribution is -2.49. The van der Waals surface area contributed by atoms with Gasteiger partial charge in [0.05, 0.1) is 32.3 Å². The maximum atomic E-state index is 3.21. The average Bonchev–Trinajstić information content (AvgIpc) is 3.66. The van der Waals surface area contributed by atoms with Crippen LogP contribution in [0.5, 0.6) is 0 Å². The third-order valence-corrected chi connectivity index (χ3v) is 47.5. The van der Waals surface area contributed by atoms with E-state index in [9.17, 15) is 0 Å². The van der Waals surface area contributed by atoms with Crippen LogP contribution < -0.4 is 42.0 Å². The summed E-state index contributed by atoms with van der Waals surface area (Å²) in [5, 5.41) is 13.3. The molecule has 0 aromatic heterocycles. The second-order valence-electron chi connectivity index (χ2n) is 25.4. The second kappa shape index (κ2) is 37.4. The van der Waals surface area contributed by atoms with Crippen molar-refractivity contribution in [2.45, 2.75) is 278 Å². The number of unbranched alkanes of at least 4 members (excludes halogenated alkanes) is 6. The molecule has 81 heavy (non-hydrogen) atoms. The Balaban J connectivity index is 1.96. The van der Waals surface area contributed by atoms with Crippen LogP contribution in [0, 0.1) is 0 Å². The van der Waals surface area contributed by atoms with Crippen LogP contribution >= 0.6 is 16.1 Å². The molecule has 0 unspecified atom stereocenters. The summed E-state index contributed by atoms with van der Waals surface area (Å²) >= 11 is 0. The minimum absolute atomic E-state index is 0.959. The predicted octanol–water partition coefficient (Wildman–Crippen LogP) is 20.5. The summed E-state index contributed by atoms with van der Waals surface area (Å²) in [7, 11) is -8.94. The fraction of sp³-hybridized carbons (Fsp3) is 0.595. The molecule has 0 aliphatic carbocycles. The fourth-order valence-electron chi connectivity index (χ4n) is 15.0. The van der Waals surface area contributed by atoms with Gasteiger partial charge in [0.15, 0.2) is 0 Å². The van der Waals surface area contributed by atoms with E-state index in [1.807, 2.05) is 0 Å². The van der Waals surface area contributed by atoms with Crippen LogP contribution in [0.1, 0.15) is 204 Å². The first-order chi connectivity index (χ1) is 39.5. The molecule has 0 fully saturated rings. The number of hydrogen-bond donors (Lipinski definition) is 0. The highest BCUT2D eigenvalue weighted by Crippen LogP contribution is 2.55. The lowest BCUT2D eigenvalue weighted by atomic mass is 10.2. The van der Waals surface area contributed by atoms with E-state index in [4.69, 9.17) is 0 Å². The molecule has 448 valence electrons. The topological polar surface area (TPSA) is 3.24 Å². The molecule has 0 saturated heterocycles. The summed E-state index contributed by atoms with van der Waals surface area (Å²) in [4.78, 5) is 0. The van der Waals surface area contributed by atoms with Crippen molar-refractivity contribution in [3.05, 3.63) is 133 Å². The molecular formula is C74H121NP2Si4. The van der Waals surface area contributed by atoms with Gasteiger partial charge in [0, 0.05) is 22.7 Å². The normalized spacial score (nSPS) is 12.6. The molecule has 0 spiro atoms. The van der Waals surface area contributed by atoms with Crippen LogP contribution in [0.3, 0.4) is 0 Å². The average molecular weight is 1200 g/mol. The van der Waals surface area contributed by atoms with Gasteiger partial charge in [-0.1, -0.05) is 419 Å². The lowest BCUT2D eigenvalue weighted by molar-refractivity contribution is 0.706. The minimum Gasteiger partial charge on any atom is -0.244 e. The van der Waals surface area contributed by atoms with Gasteiger partial charge < -0.3 is 0 Å². The molecule has 0 aliphatic heterocycles. The number of nitrogens with zero attached hydrogens (tertiary/aromatic N) is 1. The summed E-state index contributed by atoms with van der Waals surface area (Å²) in [6.45, 7) is 30.4. The highest BCUT2D eigenvalue weighted by molar-refractivity contribution is 7.84. The molecule has 5 aromatic carbocycles. The van der Waals surface area contributed by atoms with E-state index in [-0.39, 0.29) is 0 Å². The zero-order valence-corrected chi connectivity index (χ0v) is 60.4. The van der Waals surface area contributed by atoms with Gasteiger partial charge in [-0.3, -0.25) is 0 Å². The summed E-state index contributed by atoms with van der Waals surface area (Å²) < 4.78 is 3.21. The predicted molar refractivity (Wildman–Crippen MR) is 385 cm³/mol. The molecule has 0 amide bonds. The van der Waals surface area contributed by atoms with Crippen molar-refractivity contribution in [3.8, 4) is 0 Å². The van der Waals surface area contributed by atoms with Gasteiger partial charge in [-0.05, 0) is 33.2 Å². The summed E-state index contributed by atoms with van der Waals surface area (Å²) in [5.41, 5.74) is 1.46. The molecule has 0 bridgehead atoms. The highest BCUT2D eigenvalue weighted by Gasteiger charge is 2.40. The van der Waals surface area contributed by atoms with E-state index in [1.54, 1.807) is 42.0 Å². The molecule has 7 heteroatoms. The van der Waals surface area contributed by atoms with Gasteiger partial charge in [-0.25, -0.2) is 4.44 Å². The molecule has 0 saturated carbocycles. The standard InChI is InChI=1S/C74H121NP2Si4/c1-13-25-58-80(59-26-14-2,60-27-15-3)71-46-42-67(43-47-71)76(68-44-48-72(49-45-68)81(61-28-16-4,62-29-17-5)63-30-18-6)75(51-50-66-36-32-31-33-37-66)77(69-38-34-40-73(64-69)78(52-19-7,53-20-8)54-21-9)70-39-35-41-74(65-70)79(55-22-10,56-23-11)57-24-12/h31-49,64-65H,13-30,50-63H2,1-12H3. The van der Waals surface area contributed by atoms with Gasteiger partial charge in [0.2, 0.25) is 0 Å². The first-order valence-corrected chi connectivity index (χ1v) is 47.5. The minimum atomic E-state index is -1.78. The first-order valence-electron chi connectivity index (χ1n) is 34.4. The maximum absolute atomic E-state index is 3.21. The van der Waals surface area contributed by atoms with Gasteiger partial charge >= 0.3 is 0 Å². The van der Waals surface area contributed by atoms with Crippen molar-refractivity contribution < 1.29 is 0 Å². The van der Waals surface area contributed by atoms with Crippen molar-refractivity contribution in [2.75, 3.05) is 6.54 Å².